The molecule has 19 heavy (non-hydrogen) atoms. The molecule has 0 amide bonds. The summed E-state index contributed by atoms with van der Waals surface area (Å²) in [7, 11) is 0. The van der Waals surface area contributed by atoms with Crippen LogP contribution >= 0.6 is 0 Å². The van der Waals surface area contributed by atoms with E-state index in [2.05, 4.69) is 0 Å². The molecule has 2 N–H and O–H groups in total. The van der Waals surface area contributed by atoms with E-state index >= 15 is 0 Å². The van der Waals surface area contributed by atoms with Gasteiger partial charge in [-0.3, -0.25) is 0 Å². The first-order valence-corrected chi connectivity index (χ1v) is 5.51. The molecule has 2 heterocycles. The summed E-state index contributed by atoms with van der Waals surface area (Å²) in [5.41, 5.74) is 0.449. The number of carboxylic acid groups (broad SMARTS) is 2. The minimum Gasteiger partial charge on any atom is -0.478 e. The summed E-state index contributed by atoms with van der Waals surface area (Å²) in [6.07, 6.45) is 6.62. The first-order valence-electron chi connectivity index (χ1n) is 5.51. The maximum atomic E-state index is 10.7. The van der Waals surface area contributed by atoms with Gasteiger partial charge >= 0.3 is 18.6 Å². The monoisotopic (exact) mass is 260 g/mol. The average molecular weight is 260 g/mol. The van der Waals surface area contributed by atoms with E-state index in [1.165, 1.54) is 24.3 Å². The Kier molecular flexibility index (Phi) is 3.51. The normalized spacial score (nSPS) is 10.1. The third kappa shape index (κ3) is 3.12. The summed E-state index contributed by atoms with van der Waals surface area (Å²) in [6, 6.07) is 6.03. The van der Waals surface area contributed by atoms with Crippen LogP contribution in [-0.4, -0.2) is 22.2 Å². The molecule has 0 unspecified atom stereocenters. The lowest BCUT2D eigenvalue weighted by atomic mass is 10.3. The van der Waals surface area contributed by atoms with E-state index in [1.807, 2.05) is 0 Å². The molecule has 96 valence electrons. The van der Waals surface area contributed by atoms with Crippen LogP contribution in [0, 0.1) is 0 Å². The molecule has 0 aliphatic carbocycles. The van der Waals surface area contributed by atoms with Crippen molar-refractivity contribution in [1.29, 1.82) is 0 Å². The van der Waals surface area contributed by atoms with Gasteiger partial charge in [-0.05, 0) is 0 Å². The van der Waals surface area contributed by atoms with Gasteiger partial charge in [0.25, 0.3) is 0 Å². The standard InChI is InChI=1S/C13H10N2O4/c16-12(17)10-1-5-14(6-2-10)9-15-7-3-11(4-8-15)13(18)19/h1-8H,9H2/p+2. The number of pyridine rings is 2. The highest BCUT2D eigenvalue weighted by atomic mass is 16.4. The molecular formula is C13H12N2O4+2. The molecule has 0 aliphatic rings. The van der Waals surface area contributed by atoms with E-state index < -0.39 is 11.9 Å². The first-order chi connectivity index (χ1) is 9.06. The van der Waals surface area contributed by atoms with E-state index in [9.17, 15) is 9.59 Å². The molecule has 0 atom stereocenters. The lowest BCUT2D eigenvalue weighted by Crippen LogP contribution is -2.50. The van der Waals surface area contributed by atoms with Crippen LogP contribution in [0.25, 0.3) is 0 Å². The molecule has 2 rings (SSSR count). The van der Waals surface area contributed by atoms with Crippen molar-refractivity contribution in [3.05, 3.63) is 60.2 Å². The lowest BCUT2D eigenvalue weighted by molar-refractivity contribution is -0.913. The van der Waals surface area contributed by atoms with Crippen LogP contribution in [0.3, 0.4) is 0 Å². The van der Waals surface area contributed by atoms with Crippen molar-refractivity contribution < 1.29 is 28.9 Å². The fourth-order valence-corrected chi connectivity index (χ4v) is 1.58. The topological polar surface area (TPSA) is 82.4 Å². The van der Waals surface area contributed by atoms with Crippen molar-refractivity contribution in [3.63, 3.8) is 0 Å². The molecule has 0 radical (unpaired) electrons. The van der Waals surface area contributed by atoms with Crippen LogP contribution in [0.15, 0.2) is 49.1 Å². The molecule has 6 nitrogen and oxygen atoms in total. The molecular weight excluding hydrogens is 248 g/mol. The number of rotatable bonds is 4. The summed E-state index contributed by atoms with van der Waals surface area (Å²) >= 11 is 0. The van der Waals surface area contributed by atoms with E-state index in [-0.39, 0.29) is 11.1 Å². The molecule has 0 spiro atoms. The van der Waals surface area contributed by atoms with Gasteiger partial charge in [-0.1, -0.05) is 0 Å². The molecule has 0 saturated carbocycles. The second-order valence-corrected chi connectivity index (χ2v) is 3.95. The SMILES string of the molecule is O=C(O)c1cc[n+](C[n+]2ccc(C(=O)O)cc2)cc1. The fourth-order valence-electron chi connectivity index (χ4n) is 1.58. The van der Waals surface area contributed by atoms with Gasteiger partial charge in [-0.15, -0.1) is 9.13 Å². The summed E-state index contributed by atoms with van der Waals surface area (Å²) < 4.78 is 3.57. The molecule has 0 fully saturated rings. The lowest BCUT2D eigenvalue weighted by Gasteiger charge is -1.96. The predicted octanol–water partition coefficient (Wildman–Crippen LogP) is 0.164. The van der Waals surface area contributed by atoms with Crippen molar-refractivity contribution >= 4 is 11.9 Å². The highest BCUT2D eigenvalue weighted by Gasteiger charge is 2.11. The van der Waals surface area contributed by atoms with Crippen molar-refractivity contribution in [2.24, 2.45) is 0 Å². The number of hydrogen-bond acceptors (Lipinski definition) is 2. The summed E-state index contributed by atoms with van der Waals surface area (Å²) in [5.74, 6) is -1.93. The Morgan fingerprint density at radius 3 is 1.37 bits per heavy atom. The van der Waals surface area contributed by atoms with E-state index in [0.29, 0.717) is 6.67 Å². The second-order valence-electron chi connectivity index (χ2n) is 3.95. The molecule has 0 saturated heterocycles. The molecule has 0 bridgehead atoms. The zero-order chi connectivity index (χ0) is 13.8. The van der Waals surface area contributed by atoms with E-state index in [0.717, 1.165) is 0 Å². The number of carboxylic acids is 2. The largest absolute Gasteiger partial charge is 0.478 e. The highest BCUT2D eigenvalue weighted by molar-refractivity contribution is 5.87. The Morgan fingerprint density at radius 1 is 0.789 bits per heavy atom. The van der Waals surface area contributed by atoms with Crippen LogP contribution in [0.2, 0.25) is 0 Å². The maximum absolute atomic E-state index is 10.7. The minimum absolute atomic E-state index is 0.225. The second kappa shape index (κ2) is 5.26. The number of aromatic nitrogens is 2. The Hall–Kier alpha value is -2.76. The van der Waals surface area contributed by atoms with Gasteiger partial charge in [0.05, 0.1) is 11.1 Å². The Labute approximate surface area is 108 Å². The van der Waals surface area contributed by atoms with Crippen molar-refractivity contribution in [2.75, 3.05) is 0 Å². The average Bonchev–Trinajstić information content (AvgIpc) is 2.40. The van der Waals surface area contributed by atoms with Gasteiger partial charge in [0.15, 0.2) is 24.8 Å². The van der Waals surface area contributed by atoms with Gasteiger partial charge in [-0.25, -0.2) is 9.59 Å². The third-order valence-electron chi connectivity index (χ3n) is 2.60. The van der Waals surface area contributed by atoms with Gasteiger partial charge in [-0.2, -0.15) is 0 Å². The predicted molar refractivity (Wildman–Crippen MR) is 62.6 cm³/mol. The van der Waals surface area contributed by atoms with Crippen molar-refractivity contribution in [1.82, 2.24) is 0 Å². The first kappa shape index (κ1) is 12.7. The zero-order valence-electron chi connectivity index (χ0n) is 9.93. The minimum atomic E-state index is -0.967. The third-order valence-corrected chi connectivity index (χ3v) is 2.60. The molecule has 0 aromatic carbocycles. The Balaban J connectivity index is 2.12. The zero-order valence-corrected chi connectivity index (χ0v) is 9.93. The fraction of sp³-hybridized carbons (Fsp3) is 0.0769. The number of nitrogens with zero attached hydrogens (tertiary/aromatic N) is 2. The van der Waals surface area contributed by atoms with Crippen molar-refractivity contribution in [2.45, 2.75) is 6.67 Å². The van der Waals surface area contributed by atoms with Gasteiger partial charge in [0, 0.05) is 24.3 Å². The molecule has 2 aromatic heterocycles. The highest BCUT2D eigenvalue weighted by Crippen LogP contribution is 1.95. The summed E-state index contributed by atoms with van der Waals surface area (Å²) in [6.45, 7) is 0.472. The quantitative estimate of drug-likeness (QED) is 0.767. The van der Waals surface area contributed by atoms with Crippen LogP contribution in [0.1, 0.15) is 20.7 Å². The number of carbonyl (C=O) groups is 2. The van der Waals surface area contributed by atoms with E-state index in [4.69, 9.17) is 10.2 Å². The molecule has 2 aromatic rings. The number of aromatic carboxylic acids is 2. The summed E-state index contributed by atoms with van der Waals surface area (Å²) in [5, 5.41) is 17.6. The molecule has 6 heteroatoms. The smallest absolute Gasteiger partial charge is 0.343 e. The number of hydrogen-bond donors (Lipinski definition) is 2. The van der Waals surface area contributed by atoms with Crippen LogP contribution in [0.4, 0.5) is 0 Å². The van der Waals surface area contributed by atoms with Gasteiger partial charge in [0.1, 0.15) is 0 Å². The maximum Gasteiger partial charge on any atom is 0.343 e. The van der Waals surface area contributed by atoms with Gasteiger partial charge in [0.2, 0.25) is 0 Å². The van der Waals surface area contributed by atoms with Crippen LogP contribution in [0.5, 0.6) is 0 Å². The van der Waals surface area contributed by atoms with Crippen LogP contribution < -0.4 is 9.13 Å². The molecule has 0 aliphatic heterocycles. The van der Waals surface area contributed by atoms with Crippen molar-refractivity contribution in [3.8, 4) is 0 Å². The summed E-state index contributed by atoms with van der Waals surface area (Å²) in [4.78, 5) is 21.4. The Morgan fingerprint density at radius 2 is 1.11 bits per heavy atom. The van der Waals surface area contributed by atoms with Crippen LogP contribution in [-0.2, 0) is 6.67 Å². The van der Waals surface area contributed by atoms with E-state index in [1.54, 1.807) is 33.9 Å². The van der Waals surface area contributed by atoms with Gasteiger partial charge < -0.3 is 10.2 Å². The Bertz CT molecular complexity index is 550.